The van der Waals surface area contributed by atoms with Crippen molar-refractivity contribution in [1.82, 2.24) is 9.78 Å². The highest BCUT2D eigenvalue weighted by molar-refractivity contribution is 9.10. The number of alkyl halides is 7. The number of nitrogens with zero attached hydrogens (tertiary/aromatic N) is 2. The first-order valence-electron chi connectivity index (χ1n) is 8.56. The van der Waals surface area contributed by atoms with Gasteiger partial charge in [0.05, 0.1) is 16.9 Å². The zero-order valence-electron chi connectivity index (χ0n) is 15.5. The monoisotopic (exact) mass is 563 g/mol. The summed E-state index contributed by atoms with van der Waals surface area (Å²) in [6, 6.07) is 5.64. The topological polar surface area (TPSA) is 43.8 Å². The number of halogens is 10. The molecule has 1 aromatic heterocycles. The van der Waals surface area contributed by atoms with E-state index in [9.17, 15) is 30.7 Å². The Balaban J connectivity index is 2.09. The molecule has 0 unspecified atom stereocenters. The molecule has 0 bridgehead atoms. The second-order valence-corrected chi connectivity index (χ2v) is 8.30. The van der Waals surface area contributed by atoms with E-state index < -0.39 is 28.6 Å². The summed E-state index contributed by atoms with van der Waals surface area (Å²) >= 11 is 14.9. The zero-order chi connectivity index (χ0) is 24.1. The molecule has 0 saturated heterocycles. The van der Waals surface area contributed by atoms with E-state index in [0.717, 1.165) is 4.68 Å². The average molecular weight is 565 g/mol. The summed E-state index contributed by atoms with van der Waals surface area (Å²) in [5.74, 6) is 0. The van der Waals surface area contributed by atoms with E-state index >= 15 is 0 Å². The molecule has 2 N–H and O–H groups in total. The van der Waals surface area contributed by atoms with Gasteiger partial charge in [0.1, 0.15) is 0 Å². The number of nitrogens with two attached hydrogens (primary N) is 1. The zero-order valence-corrected chi connectivity index (χ0v) is 18.6. The Morgan fingerprint density at radius 3 is 2.06 bits per heavy atom. The molecular weight excluding hydrogens is 554 g/mol. The molecule has 172 valence electrons. The lowest BCUT2D eigenvalue weighted by molar-refractivity contribution is -0.348. The van der Waals surface area contributed by atoms with Crippen molar-refractivity contribution in [1.29, 1.82) is 0 Å². The molecule has 3 nitrogen and oxygen atoms in total. The van der Waals surface area contributed by atoms with Crippen LogP contribution in [0.1, 0.15) is 11.1 Å². The van der Waals surface area contributed by atoms with Crippen LogP contribution in [-0.4, -0.2) is 22.1 Å². The van der Waals surface area contributed by atoms with Crippen LogP contribution in [0.3, 0.4) is 0 Å². The quantitative estimate of drug-likeness (QED) is 0.337. The third kappa shape index (κ3) is 4.23. The lowest BCUT2D eigenvalue weighted by Gasteiger charge is -2.30. The van der Waals surface area contributed by atoms with E-state index in [1.165, 1.54) is 12.4 Å². The van der Waals surface area contributed by atoms with Gasteiger partial charge in [0, 0.05) is 33.4 Å². The van der Waals surface area contributed by atoms with Crippen molar-refractivity contribution < 1.29 is 30.7 Å². The van der Waals surface area contributed by atoms with Gasteiger partial charge in [0.2, 0.25) is 0 Å². The molecule has 0 fully saturated rings. The Kier molecular flexibility index (Phi) is 6.60. The Morgan fingerprint density at radius 2 is 1.53 bits per heavy atom. The van der Waals surface area contributed by atoms with Gasteiger partial charge in [0.15, 0.2) is 0 Å². The van der Waals surface area contributed by atoms with E-state index in [4.69, 9.17) is 28.9 Å². The molecule has 0 aliphatic rings. The highest BCUT2D eigenvalue weighted by atomic mass is 79.9. The maximum absolute atomic E-state index is 14.4. The van der Waals surface area contributed by atoms with E-state index in [1.54, 1.807) is 18.2 Å². The first-order valence-corrected chi connectivity index (χ1v) is 10.1. The Morgan fingerprint density at radius 1 is 0.906 bits per heavy atom. The molecule has 32 heavy (non-hydrogen) atoms. The maximum Gasteiger partial charge on any atom is 0.435 e. The van der Waals surface area contributed by atoms with Crippen LogP contribution < -0.4 is 5.73 Å². The minimum Gasteiger partial charge on any atom is -0.326 e. The van der Waals surface area contributed by atoms with Crippen LogP contribution in [0.4, 0.5) is 30.7 Å². The van der Waals surface area contributed by atoms with Gasteiger partial charge in [-0.25, -0.2) is 9.07 Å². The summed E-state index contributed by atoms with van der Waals surface area (Å²) < 4.78 is 93.6. The first kappa shape index (κ1) is 24.8. The van der Waals surface area contributed by atoms with Crippen LogP contribution in [0, 0.1) is 0 Å². The minimum absolute atomic E-state index is 0.0821. The van der Waals surface area contributed by atoms with Crippen LogP contribution in [0.15, 0.2) is 47.2 Å². The summed E-state index contributed by atoms with van der Waals surface area (Å²) in [5.41, 5.74) is 0.0631. The molecule has 13 heteroatoms. The number of rotatable bonds is 4. The molecule has 0 radical (unpaired) electrons. The number of benzene rings is 2. The van der Waals surface area contributed by atoms with Gasteiger partial charge < -0.3 is 5.73 Å². The predicted octanol–water partition coefficient (Wildman–Crippen LogP) is 7.36. The van der Waals surface area contributed by atoms with Crippen LogP contribution in [0.2, 0.25) is 10.0 Å². The molecule has 0 aliphatic carbocycles. The van der Waals surface area contributed by atoms with Crippen molar-refractivity contribution in [3.8, 4) is 16.8 Å². The molecule has 2 aromatic carbocycles. The highest BCUT2D eigenvalue weighted by Gasteiger charge is 2.73. The van der Waals surface area contributed by atoms with Crippen LogP contribution in [-0.2, 0) is 12.2 Å². The molecule has 0 saturated carbocycles. The summed E-state index contributed by atoms with van der Waals surface area (Å²) in [6.07, 6.45) is -9.69. The Bertz CT molecular complexity index is 1120. The predicted molar refractivity (Wildman–Crippen MR) is 110 cm³/mol. The average Bonchev–Trinajstić information content (AvgIpc) is 3.14. The van der Waals surface area contributed by atoms with Gasteiger partial charge in [-0.3, -0.25) is 0 Å². The third-order valence-electron chi connectivity index (χ3n) is 4.61. The number of hydrogen-bond donors (Lipinski definition) is 1. The van der Waals surface area contributed by atoms with E-state index in [2.05, 4.69) is 21.0 Å². The van der Waals surface area contributed by atoms with Gasteiger partial charge in [-0.2, -0.15) is 31.4 Å². The van der Waals surface area contributed by atoms with Gasteiger partial charge in [-0.1, -0.05) is 29.3 Å². The summed E-state index contributed by atoms with van der Waals surface area (Å²) in [7, 11) is 0. The van der Waals surface area contributed by atoms with Crippen LogP contribution in [0.5, 0.6) is 0 Å². The summed E-state index contributed by atoms with van der Waals surface area (Å²) in [5, 5.41) is 3.92. The fourth-order valence-corrected chi connectivity index (χ4v) is 4.23. The van der Waals surface area contributed by atoms with E-state index in [1.807, 2.05) is 0 Å². The molecule has 3 rings (SSSR count). The normalized spacial score (nSPS) is 13.0. The SMILES string of the molecule is NCc1cc(-c2cnn(-c3c(Cl)cc(C(F)(C(F)(F)F)C(F)(F)F)cc3Br)c2)ccc1Cl. The molecule has 0 spiro atoms. The number of aromatic nitrogens is 2. The van der Waals surface area contributed by atoms with E-state index in [0.29, 0.717) is 27.8 Å². The maximum atomic E-state index is 14.4. The molecule has 0 amide bonds. The Labute approximate surface area is 195 Å². The molecular formula is C19H11BrCl2F7N3. The minimum atomic E-state index is -6.26. The van der Waals surface area contributed by atoms with Crippen molar-refractivity contribution in [3.63, 3.8) is 0 Å². The fraction of sp³-hybridized carbons (Fsp3) is 0.211. The molecule has 3 aromatic rings. The largest absolute Gasteiger partial charge is 0.435 e. The van der Waals surface area contributed by atoms with Crippen molar-refractivity contribution >= 4 is 39.1 Å². The standard InChI is InChI=1S/C19H11BrCl2F7N3/c20-13-4-12(17(23,18(24,25)26)19(27,28)29)5-15(22)16(13)32-8-11(7-31-32)9-1-2-14(21)10(3-9)6-30/h1-5,7-8H,6,30H2. The molecule has 0 atom stereocenters. The lowest BCUT2D eigenvalue weighted by atomic mass is 9.94. The second kappa shape index (κ2) is 8.51. The van der Waals surface area contributed by atoms with Crippen LogP contribution >= 0.6 is 39.1 Å². The van der Waals surface area contributed by atoms with Crippen molar-refractivity contribution in [3.05, 3.63) is 68.4 Å². The molecule has 0 aliphatic heterocycles. The second-order valence-electron chi connectivity index (χ2n) is 6.63. The van der Waals surface area contributed by atoms with Gasteiger partial charge in [-0.05, 0) is 51.3 Å². The van der Waals surface area contributed by atoms with Gasteiger partial charge in [0.25, 0.3) is 0 Å². The first-order chi connectivity index (χ1) is 14.7. The van der Waals surface area contributed by atoms with Gasteiger partial charge in [-0.15, -0.1) is 0 Å². The van der Waals surface area contributed by atoms with Crippen LogP contribution in [0.25, 0.3) is 16.8 Å². The van der Waals surface area contributed by atoms with Crippen molar-refractivity contribution in [2.45, 2.75) is 24.6 Å². The Hall–Kier alpha value is -1.82. The van der Waals surface area contributed by atoms with Gasteiger partial charge >= 0.3 is 18.0 Å². The van der Waals surface area contributed by atoms with E-state index in [-0.39, 0.29) is 22.8 Å². The highest BCUT2D eigenvalue weighted by Crippen LogP contribution is 2.54. The fourth-order valence-electron chi connectivity index (χ4n) is 2.98. The van der Waals surface area contributed by atoms with Crippen molar-refractivity contribution in [2.75, 3.05) is 0 Å². The summed E-state index contributed by atoms with van der Waals surface area (Å²) in [4.78, 5) is 0. The molecule has 1 heterocycles. The lowest BCUT2D eigenvalue weighted by Crippen LogP contribution is -2.50. The van der Waals surface area contributed by atoms with Crippen molar-refractivity contribution in [2.24, 2.45) is 5.73 Å². The number of hydrogen-bond acceptors (Lipinski definition) is 2. The summed E-state index contributed by atoms with van der Waals surface area (Å²) in [6.45, 7) is 0.170. The smallest absolute Gasteiger partial charge is 0.326 e. The third-order valence-corrected chi connectivity index (χ3v) is 5.87.